The number of hydrogen-bond donors (Lipinski definition) is 0. The molecule has 0 saturated heterocycles. The lowest BCUT2D eigenvalue weighted by atomic mass is 10.3. The molecule has 0 N–H and O–H groups in total. The Morgan fingerprint density at radius 1 is 1.50 bits per heavy atom. The molecule has 14 heavy (non-hydrogen) atoms. The molecule has 1 aromatic carbocycles. The van der Waals surface area contributed by atoms with Gasteiger partial charge in [-0.15, -0.1) is 0 Å². The van der Waals surface area contributed by atoms with Crippen LogP contribution in [0.25, 0.3) is 0 Å². The number of hydrogen-bond acceptors (Lipinski definition) is 3. The number of ether oxygens (including phenoxy) is 1. The number of benzene rings is 1. The molecular formula is C8H7F2NO3. The van der Waals surface area contributed by atoms with Crippen LogP contribution in [0.5, 0.6) is 5.75 Å². The van der Waals surface area contributed by atoms with Crippen molar-refractivity contribution in [2.45, 2.75) is 6.92 Å². The Morgan fingerprint density at radius 2 is 2.14 bits per heavy atom. The molecule has 76 valence electrons. The molecule has 0 aliphatic rings. The zero-order valence-electron chi connectivity index (χ0n) is 7.29. The topological polar surface area (TPSA) is 52.4 Å². The Hall–Kier alpha value is -1.72. The monoisotopic (exact) mass is 203 g/mol. The van der Waals surface area contributed by atoms with Gasteiger partial charge < -0.3 is 4.74 Å². The minimum Gasteiger partial charge on any atom is -0.488 e. The molecule has 6 heteroatoms. The molecule has 1 aromatic rings. The highest BCUT2D eigenvalue weighted by atomic mass is 19.1. The van der Waals surface area contributed by atoms with Gasteiger partial charge >= 0.3 is 5.69 Å². The molecule has 0 saturated carbocycles. The van der Waals surface area contributed by atoms with E-state index in [0.29, 0.717) is 0 Å². The van der Waals surface area contributed by atoms with E-state index in [-0.39, 0.29) is 6.61 Å². The van der Waals surface area contributed by atoms with Crippen LogP contribution in [0.3, 0.4) is 0 Å². The SMILES string of the molecule is CCOc1c(F)ccc([N+](=O)[O-])c1F. The summed E-state index contributed by atoms with van der Waals surface area (Å²) in [6, 6.07) is 1.55. The zero-order chi connectivity index (χ0) is 10.7. The Bertz CT molecular complexity index is 368. The van der Waals surface area contributed by atoms with E-state index in [0.717, 1.165) is 12.1 Å². The second-order valence-electron chi connectivity index (χ2n) is 2.40. The van der Waals surface area contributed by atoms with E-state index in [1.165, 1.54) is 6.92 Å². The van der Waals surface area contributed by atoms with Crippen molar-refractivity contribution in [3.63, 3.8) is 0 Å². The number of nitro groups is 1. The van der Waals surface area contributed by atoms with E-state index < -0.39 is 28.0 Å². The van der Waals surface area contributed by atoms with Crippen LogP contribution in [0.2, 0.25) is 0 Å². The highest BCUT2D eigenvalue weighted by Gasteiger charge is 2.22. The van der Waals surface area contributed by atoms with Crippen molar-refractivity contribution < 1.29 is 18.4 Å². The van der Waals surface area contributed by atoms with Gasteiger partial charge in [-0.3, -0.25) is 10.1 Å². The van der Waals surface area contributed by atoms with Gasteiger partial charge in [0, 0.05) is 6.07 Å². The van der Waals surface area contributed by atoms with Gasteiger partial charge in [0.2, 0.25) is 5.82 Å². The van der Waals surface area contributed by atoms with Crippen molar-refractivity contribution in [2.75, 3.05) is 6.61 Å². The maximum atomic E-state index is 13.2. The molecule has 0 fully saturated rings. The predicted molar refractivity (Wildman–Crippen MR) is 44.2 cm³/mol. The maximum absolute atomic E-state index is 13.2. The molecule has 0 unspecified atom stereocenters. The zero-order valence-corrected chi connectivity index (χ0v) is 7.29. The van der Waals surface area contributed by atoms with Gasteiger partial charge in [0.1, 0.15) is 0 Å². The molecule has 4 nitrogen and oxygen atoms in total. The number of nitro benzene ring substituents is 1. The molecule has 0 heterocycles. The van der Waals surface area contributed by atoms with Crippen molar-refractivity contribution in [3.05, 3.63) is 33.9 Å². The lowest BCUT2D eigenvalue weighted by Crippen LogP contribution is -2.01. The first kappa shape index (κ1) is 10.4. The van der Waals surface area contributed by atoms with Crippen LogP contribution in [0, 0.1) is 21.7 Å². The summed E-state index contributed by atoms with van der Waals surface area (Å²) in [7, 11) is 0. The van der Waals surface area contributed by atoms with Gasteiger partial charge in [-0.25, -0.2) is 4.39 Å². The lowest BCUT2D eigenvalue weighted by molar-refractivity contribution is -0.387. The van der Waals surface area contributed by atoms with Gasteiger partial charge in [-0.1, -0.05) is 0 Å². The molecule has 0 spiro atoms. The molecule has 0 aliphatic carbocycles. The van der Waals surface area contributed by atoms with Gasteiger partial charge in [-0.05, 0) is 13.0 Å². The largest absolute Gasteiger partial charge is 0.488 e. The quantitative estimate of drug-likeness (QED) is 0.559. The highest BCUT2D eigenvalue weighted by molar-refractivity contribution is 5.41. The third-order valence-electron chi connectivity index (χ3n) is 1.51. The predicted octanol–water partition coefficient (Wildman–Crippen LogP) is 2.27. The van der Waals surface area contributed by atoms with Crippen LogP contribution >= 0.6 is 0 Å². The second-order valence-corrected chi connectivity index (χ2v) is 2.40. The summed E-state index contributed by atoms with van der Waals surface area (Å²) in [5.41, 5.74) is -0.796. The van der Waals surface area contributed by atoms with E-state index in [1.54, 1.807) is 0 Å². The summed E-state index contributed by atoms with van der Waals surface area (Å²) < 4.78 is 30.7. The fourth-order valence-electron chi connectivity index (χ4n) is 0.940. The molecule has 0 aromatic heterocycles. The van der Waals surface area contributed by atoms with Crippen LogP contribution in [-0.2, 0) is 0 Å². The van der Waals surface area contributed by atoms with Crippen molar-refractivity contribution in [3.8, 4) is 5.75 Å². The standard InChI is InChI=1S/C8H7F2NO3/c1-2-14-8-5(9)3-4-6(7(8)10)11(12)13/h3-4H,2H2,1H3. The Labute approximate surface area is 78.3 Å². The van der Waals surface area contributed by atoms with E-state index in [4.69, 9.17) is 0 Å². The summed E-state index contributed by atoms with van der Waals surface area (Å²) in [6.07, 6.45) is 0. The van der Waals surface area contributed by atoms with Crippen LogP contribution in [-0.4, -0.2) is 11.5 Å². The third-order valence-corrected chi connectivity index (χ3v) is 1.51. The fraction of sp³-hybridized carbons (Fsp3) is 0.250. The van der Waals surface area contributed by atoms with Crippen molar-refractivity contribution in [1.82, 2.24) is 0 Å². The fourth-order valence-corrected chi connectivity index (χ4v) is 0.940. The second kappa shape index (κ2) is 3.99. The molecule has 0 amide bonds. The highest BCUT2D eigenvalue weighted by Crippen LogP contribution is 2.28. The van der Waals surface area contributed by atoms with Crippen molar-refractivity contribution in [1.29, 1.82) is 0 Å². The number of rotatable bonds is 3. The average molecular weight is 203 g/mol. The smallest absolute Gasteiger partial charge is 0.308 e. The van der Waals surface area contributed by atoms with E-state index in [1.807, 2.05) is 0 Å². The van der Waals surface area contributed by atoms with E-state index in [9.17, 15) is 18.9 Å². The average Bonchev–Trinajstić information content (AvgIpc) is 2.11. The summed E-state index contributed by atoms with van der Waals surface area (Å²) in [5.74, 6) is -2.94. The van der Waals surface area contributed by atoms with Crippen molar-refractivity contribution in [2.24, 2.45) is 0 Å². The van der Waals surface area contributed by atoms with Crippen LogP contribution in [0.15, 0.2) is 12.1 Å². The molecule has 0 radical (unpaired) electrons. The van der Waals surface area contributed by atoms with E-state index >= 15 is 0 Å². The minimum absolute atomic E-state index is 0.0367. The summed E-state index contributed by atoms with van der Waals surface area (Å²) in [4.78, 5) is 9.34. The third kappa shape index (κ3) is 1.78. The Kier molecular flexibility index (Phi) is 2.95. The lowest BCUT2D eigenvalue weighted by Gasteiger charge is -2.05. The van der Waals surface area contributed by atoms with E-state index in [2.05, 4.69) is 4.74 Å². The molecule has 0 atom stereocenters. The van der Waals surface area contributed by atoms with Crippen LogP contribution in [0.4, 0.5) is 14.5 Å². The molecule has 1 rings (SSSR count). The summed E-state index contributed by atoms with van der Waals surface area (Å²) in [6.45, 7) is 1.56. The Morgan fingerprint density at radius 3 is 2.64 bits per heavy atom. The Balaban J connectivity index is 3.26. The van der Waals surface area contributed by atoms with Gasteiger partial charge in [0.15, 0.2) is 11.6 Å². The van der Waals surface area contributed by atoms with Crippen molar-refractivity contribution >= 4 is 5.69 Å². The first-order chi connectivity index (χ1) is 6.57. The van der Waals surface area contributed by atoms with Gasteiger partial charge in [0.25, 0.3) is 0 Å². The summed E-state index contributed by atoms with van der Waals surface area (Å²) in [5, 5.41) is 10.3. The molecular weight excluding hydrogens is 196 g/mol. The van der Waals surface area contributed by atoms with Crippen LogP contribution < -0.4 is 4.74 Å². The summed E-state index contributed by atoms with van der Waals surface area (Å²) >= 11 is 0. The molecule has 0 bridgehead atoms. The first-order valence-electron chi connectivity index (χ1n) is 3.83. The first-order valence-corrected chi connectivity index (χ1v) is 3.83. The normalized spacial score (nSPS) is 9.93. The maximum Gasteiger partial charge on any atom is 0.308 e. The van der Waals surface area contributed by atoms with Gasteiger partial charge in [-0.2, -0.15) is 4.39 Å². The molecule has 0 aliphatic heterocycles. The van der Waals surface area contributed by atoms with Gasteiger partial charge in [0.05, 0.1) is 11.5 Å². The number of nitrogens with zero attached hydrogens (tertiary/aromatic N) is 1. The number of halogens is 2. The minimum atomic E-state index is -1.28. The van der Waals surface area contributed by atoms with Crippen LogP contribution in [0.1, 0.15) is 6.92 Å².